The summed E-state index contributed by atoms with van der Waals surface area (Å²) >= 11 is 6.14. The Morgan fingerprint density at radius 1 is 0.841 bits per heavy atom. The minimum atomic E-state index is -4.15. The maximum absolute atomic E-state index is 14.5. The molecule has 0 bridgehead atoms. The van der Waals surface area contributed by atoms with Gasteiger partial charge < -0.3 is 10.2 Å². The quantitative estimate of drug-likeness (QED) is 0.187. The molecule has 0 fully saturated rings. The first-order chi connectivity index (χ1) is 21.1. The number of nitrogens with one attached hydrogen (secondary N) is 1. The molecule has 0 saturated carbocycles. The van der Waals surface area contributed by atoms with E-state index in [1.54, 1.807) is 48.5 Å². The smallest absolute Gasteiger partial charge is 0.264 e. The molecule has 230 valence electrons. The molecule has 0 spiro atoms. The molecule has 4 aromatic rings. The predicted octanol–water partition coefficient (Wildman–Crippen LogP) is 6.32. The number of hydrogen-bond acceptors (Lipinski definition) is 4. The second-order valence-corrected chi connectivity index (χ2v) is 13.1. The van der Waals surface area contributed by atoms with E-state index in [4.69, 9.17) is 11.6 Å². The summed E-state index contributed by atoms with van der Waals surface area (Å²) in [4.78, 5) is 29.7. The number of benzene rings is 4. The zero-order valence-corrected chi connectivity index (χ0v) is 26.8. The molecule has 1 unspecified atom stereocenters. The van der Waals surface area contributed by atoms with Gasteiger partial charge in [0, 0.05) is 24.5 Å². The second-order valence-electron chi connectivity index (χ2n) is 10.8. The molecule has 2 amide bonds. The topological polar surface area (TPSA) is 86.8 Å². The summed E-state index contributed by atoms with van der Waals surface area (Å²) in [6.45, 7) is 5.74. The molecule has 0 aromatic heterocycles. The normalized spacial score (nSPS) is 11.9. The first kappa shape index (κ1) is 32.8. The molecular weight excluding hydrogens is 594 g/mol. The first-order valence-electron chi connectivity index (χ1n) is 14.6. The highest BCUT2D eigenvalue weighted by Gasteiger charge is 2.35. The van der Waals surface area contributed by atoms with E-state index in [1.165, 1.54) is 17.0 Å². The minimum Gasteiger partial charge on any atom is -0.354 e. The molecule has 0 aliphatic carbocycles. The number of nitrogens with zero attached hydrogens (tertiary/aromatic N) is 2. The molecule has 1 atom stereocenters. The fraction of sp³-hybridized carbons (Fsp3) is 0.257. The van der Waals surface area contributed by atoms with E-state index in [9.17, 15) is 18.0 Å². The van der Waals surface area contributed by atoms with Crippen molar-refractivity contribution in [3.05, 3.63) is 130 Å². The first-order valence-corrected chi connectivity index (χ1v) is 16.4. The Kier molecular flexibility index (Phi) is 11.2. The molecule has 0 radical (unpaired) electrons. The minimum absolute atomic E-state index is 0.0681. The van der Waals surface area contributed by atoms with Crippen LogP contribution in [0.4, 0.5) is 5.69 Å². The van der Waals surface area contributed by atoms with Gasteiger partial charge in [0.15, 0.2) is 0 Å². The van der Waals surface area contributed by atoms with Crippen molar-refractivity contribution in [1.82, 2.24) is 10.2 Å². The number of hydrogen-bond donors (Lipinski definition) is 1. The number of anilines is 1. The van der Waals surface area contributed by atoms with E-state index in [0.717, 1.165) is 27.4 Å². The van der Waals surface area contributed by atoms with Gasteiger partial charge in [0.25, 0.3) is 10.0 Å². The molecule has 0 aliphatic rings. The highest BCUT2D eigenvalue weighted by Crippen LogP contribution is 2.28. The van der Waals surface area contributed by atoms with Crippen LogP contribution < -0.4 is 9.62 Å². The number of amides is 2. The molecule has 44 heavy (non-hydrogen) atoms. The number of sulfonamides is 1. The monoisotopic (exact) mass is 631 g/mol. The summed E-state index contributed by atoms with van der Waals surface area (Å²) in [5.41, 5.74) is 3.71. The van der Waals surface area contributed by atoms with Crippen molar-refractivity contribution in [2.24, 2.45) is 0 Å². The molecule has 9 heteroatoms. The number of carbonyl (C=O) groups excluding carboxylic acids is 2. The third-order valence-electron chi connectivity index (χ3n) is 7.32. The van der Waals surface area contributed by atoms with Crippen LogP contribution in [-0.2, 0) is 32.6 Å². The van der Waals surface area contributed by atoms with Crippen LogP contribution in [0.3, 0.4) is 0 Å². The van der Waals surface area contributed by atoms with Crippen molar-refractivity contribution in [1.29, 1.82) is 0 Å². The molecule has 0 aliphatic heterocycles. The van der Waals surface area contributed by atoms with Gasteiger partial charge in [-0.1, -0.05) is 96.9 Å². The van der Waals surface area contributed by atoms with Crippen LogP contribution in [0.5, 0.6) is 0 Å². The molecule has 0 heterocycles. The standard InChI is InChI=1S/C35H38ClN3O4S/c1-4-21-37-35(41)33(23-28-11-7-5-8-12-28)38(24-29-16-18-30(36)19-17-29)34(40)25-39(32-20-15-26(2)22-27(32)3)44(42,43)31-13-9-6-10-14-31/h5-20,22,33H,4,21,23-25H2,1-3H3,(H,37,41). The van der Waals surface area contributed by atoms with Crippen molar-refractivity contribution < 1.29 is 18.0 Å². The summed E-state index contributed by atoms with van der Waals surface area (Å²) in [7, 11) is -4.15. The second kappa shape index (κ2) is 15.0. The van der Waals surface area contributed by atoms with E-state index < -0.39 is 28.5 Å². The van der Waals surface area contributed by atoms with E-state index in [2.05, 4.69) is 5.32 Å². The van der Waals surface area contributed by atoms with Gasteiger partial charge in [0.05, 0.1) is 10.6 Å². The lowest BCUT2D eigenvalue weighted by molar-refractivity contribution is -0.140. The number of halogens is 1. The van der Waals surface area contributed by atoms with Gasteiger partial charge in [-0.2, -0.15) is 0 Å². The Morgan fingerprint density at radius 2 is 1.48 bits per heavy atom. The van der Waals surface area contributed by atoms with Crippen LogP contribution in [0.15, 0.2) is 108 Å². The van der Waals surface area contributed by atoms with Gasteiger partial charge >= 0.3 is 0 Å². The van der Waals surface area contributed by atoms with Crippen molar-refractivity contribution in [2.75, 3.05) is 17.4 Å². The summed E-state index contributed by atoms with van der Waals surface area (Å²) in [6, 6.07) is 29.1. The van der Waals surface area contributed by atoms with Crippen molar-refractivity contribution >= 4 is 39.1 Å². The summed E-state index contributed by atoms with van der Waals surface area (Å²) in [5, 5.41) is 3.50. The summed E-state index contributed by atoms with van der Waals surface area (Å²) < 4.78 is 29.4. The third-order valence-corrected chi connectivity index (χ3v) is 9.34. The van der Waals surface area contributed by atoms with Crippen LogP contribution in [0.2, 0.25) is 5.02 Å². The van der Waals surface area contributed by atoms with E-state index in [0.29, 0.717) is 22.8 Å². The number of carbonyl (C=O) groups is 2. The fourth-order valence-electron chi connectivity index (χ4n) is 5.02. The summed E-state index contributed by atoms with van der Waals surface area (Å²) in [6.07, 6.45) is 0.982. The van der Waals surface area contributed by atoms with E-state index in [1.807, 2.05) is 63.2 Å². The lowest BCUT2D eigenvalue weighted by atomic mass is 10.0. The maximum atomic E-state index is 14.5. The van der Waals surface area contributed by atoms with E-state index >= 15 is 0 Å². The van der Waals surface area contributed by atoms with Crippen molar-refractivity contribution in [2.45, 2.75) is 51.1 Å². The molecule has 1 N–H and O–H groups in total. The highest BCUT2D eigenvalue weighted by molar-refractivity contribution is 7.92. The van der Waals surface area contributed by atoms with Crippen LogP contribution in [-0.4, -0.2) is 44.3 Å². The number of rotatable bonds is 13. The molecule has 4 aromatic carbocycles. The van der Waals surface area contributed by atoms with Crippen LogP contribution in [0, 0.1) is 13.8 Å². The average Bonchev–Trinajstić information content (AvgIpc) is 3.02. The number of aryl methyl sites for hydroxylation is 2. The van der Waals surface area contributed by atoms with Crippen LogP contribution in [0.25, 0.3) is 0 Å². The fourth-order valence-corrected chi connectivity index (χ4v) is 6.65. The Morgan fingerprint density at radius 3 is 2.09 bits per heavy atom. The lowest BCUT2D eigenvalue weighted by Gasteiger charge is -2.34. The maximum Gasteiger partial charge on any atom is 0.264 e. The average molecular weight is 632 g/mol. The Hall–Kier alpha value is -4.14. The van der Waals surface area contributed by atoms with Gasteiger partial charge in [-0.25, -0.2) is 8.42 Å². The van der Waals surface area contributed by atoms with Crippen LogP contribution in [0.1, 0.15) is 35.6 Å². The highest BCUT2D eigenvalue weighted by atomic mass is 35.5. The lowest BCUT2D eigenvalue weighted by Crippen LogP contribution is -2.53. The summed E-state index contributed by atoms with van der Waals surface area (Å²) in [5.74, 6) is -0.811. The van der Waals surface area contributed by atoms with Crippen molar-refractivity contribution in [3.63, 3.8) is 0 Å². The third kappa shape index (κ3) is 8.27. The van der Waals surface area contributed by atoms with Gasteiger partial charge in [-0.3, -0.25) is 13.9 Å². The zero-order chi connectivity index (χ0) is 31.7. The van der Waals surface area contributed by atoms with Crippen molar-refractivity contribution in [3.8, 4) is 0 Å². The molecule has 7 nitrogen and oxygen atoms in total. The predicted molar refractivity (Wildman–Crippen MR) is 176 cm³/mol. The Balaban J connectivity index is 1.81. The molecular formula is C35H38ClN3O4S. The van der Waals surface area contributed by atoms with Crippen LogP contribution >= 0.6 is 11.6 Å². The van der Waals surface area contributed by atoms with Gasteiger partial charge in [0.1, 0.15) is 12.6 Å². The van der Waals surface area contributed by atoms with Gasteiger partial charge in [0.2, 0.25) is 11.8 Å². The SMILES string of the molecule is CCCNC(=O)C(Cc1ccccc1)N(Cc1ccc(Cl)cc1)C(=O)CN(c1ccc(C)cc1C)S(=O)(=O)c1ccccc1. The van der Waals surface area contributed by atoms with Gasteiger partial charge in [-0.05, 0) is 67.3 Å². The largest absolute Gasteiger partial charge is 0.354 e. The zero-order valence-electron chi connectivity index (χ0n) is 25.2. The van der Waals surface area contributed by atoms with Gasteiger partial charge in [-0.15, -0.1) is 0 Å². The van der Waals surface area contributed by atoms with E-state index in [-0.39, 0.29) is 23.8 Å². The Labute approximate surface area is 265 Å². The molecule has 4 rings (SSSR count). The molecule has 0 saturated heterocycles. The Bertz CT molecular complexity index is 1660.